The zero-order valence-corrected chi connectivity index (χ0v) is 19.2. The molecule has 176 valence electrons. The van der Waals surface area contributed by atoms with E-state index in [1.54, 1.807) is 42.6 Å². The van der Waals surface area contributed by atoms with Crippen molar-refractivity contribution in [2.45, 2.75) is 19.1 Å². The quantitative estimate of drug-likeness (QED) is 0.537. The fraction of sp³-hybridized carbons (Fsp3) is 0.269. The van der Waals surface area contributed by atoms with Crippen molar-refractivity contribution >= 4 is 17.5 Å². The van der Waals surface area contributed by atoms with Crippen molar-refractivity contribution in [3.05, 3.63) is 89.7 Å². The van der Waals surface area contributed by atoms with Crippen LogP contribution in [0.25, 0.3) is 0 Å². The zero-order chi connectivity index (χ0) is 23.9. The van der Waals surface area contributed by atoms with E-state index in [0.29, 0.717) is 49.7 Å². The van der Waals surface area contributed by atoms with Gasteiger partial charge in [0, 0.05) is 50.7 Å². The van der Waals surface area contributed by atoms with Crippen molar-refractivity contribution in [2.75, 3.05) is 32.1 Å². The maximum atomic E-state index is 13.4. The van der Waals surface area contributed by atoms with Gasteiger partial charge < -0.3 is 20.7 Å². The molecule has 34 heavy (non-hydrogen) atoms. The predicted molar refractivity (Wildman–Crippen MR) is 130 cm³/mol. The van der Waals surface area contributed by atoms with E-state index in [0.717, 1.165) is 11.1 Å². The third-order valence-corrected chi connectivity index (χ3v) is 5.95. The number of benzene rings is 2. The second-order valence-electron chi connectivity index (χ2n) is 8.27. The number of carbonyl (C=O) groups is 2. The molecule has 1 aliphatic rings. The number of aromatic nitrogens is 1. The van der Waals surface area contributed by atoms with Gasteiger partial charge in [-0.05, 0) is 35.4 Å². The number of ether oxygens (including phenoxy) is 1. The van der Waals surface area contributed by atoms with Gasteiger partial charge in [-0.1, -0.05) is 36.4 Å². The van der Waals surface area contributed by atoms with Crippen LogP contribution in [-0.4, -0.2) is 59.4 Å². The molecule has 0 bridgehead atoms. The van der Waals surface area contributed by atoms with Crippen LogP contribution in [0.2, 0.25) is 0 Å². The molecule has 1 aliphatic heterocycles. The van der Waals surface area contributed by atoms with Gasteiger partial charge >= 0.3 is 0 Å². The second-order valence-corrected chi connectivity index (χ2v) is 8.27. The first kappa shape index (κ1) is 23.3. The van der Waals surface area contributed by atoms with Gasteiger partial charge in [-0.3, -0.25) is 19.5 Å². The number of pyridine rings is 1. The molecular formula is C26H29N5O3. The number of methoxy groups -OCH3 is 1. The fourth-order valence-electron chi connectivity index (χ4n) is 4.16. The molecule has 8 heteroatoms. The van der Waals surface area contributed by atoms with Gasteiger partial charge in [0.1, 0.15) is 11.8 Å². The van der Waals surface area contributed by atoms with Crippen molar-refractivity contribution in [2.24, 2.45) is 5.73 Å². The summed E-state index contributed by atoms with van der Waals surface area (Å²) in [5, 5.41) is 3.31. The minimum Gasteiger partial charge on any atom is -0.495 e. The highest BCUT2D eigenvalue weighted by Gasteiger charge is 2.34. The summed E-state index contributed by atoms with van der Waals surface area (Å²) < 4.78 is 5.46. The molecule has 2 aromatic carbocycles. The predicted octanol–water partition coefficient (Wildman–Crippen LogP) is 2.51. The minimum absolute atomic E-state index is 0.227. The molecule has 1 fully saturated rings. The Kier molecular flexibility index (Phi) is 7.39. The Hall–Kier alpha value is -3.91. The van der Waals surface area contributed by atoms with Gasteiger partial charge in [0.15, 0.2) is 0 Å². The first-order valence-corrected chi connectivity index (χ1v) is 11.2. The normalized spacial score (nSPS) is 16.1. The van der Waals surface area contributed by atoms with Crippen LogP contribution >= 0.6 is 0 Å². The Bertz CT molecular complexity index is 1120. The van der Waals surface area contributed by atoms with Gasteiger partial charge in [-0.15, -0.1) is 0 Å². The largest absolute Gasteiger partial charge is 0.495 e. The zero-order valence-electron chi connectivity index (χ0n) is 19.2. The van der Waals surface area contributed by atoms with Gasteiger partial charge in [-0.2, -0.15) is 0 Å². The third kappa shape index (κ3) is 5.52. The molecule has 0 radical (unpaired) electrons. The smallest absolute Gasteiger partial charge is 0.254 e. The number of nitrogens with zero attached hydrogens (tertiary/aromatic N) is 3. The topological polar surface area (TPSA) is 101 Å². The molecule has 2 heterocycles. The number of hydrogen-bond donors (Lipinski definition) is 2. The van der Waals surface area contributed by atoms with Crippen molar-refractivity contribution in [1.82, 2.24) is 14.8 Å². The Morgan fingerprint density at radius 3 is 2.59 bits per heavy atom. The lowest BCUT2D eigenvalue weighted by atomic mass is 10.1. The third-order valence-electron chi connectivity index (χ3n) is 5.95. The average molecular weight is 460 g/mol. The molecule has 0 spiro atoms. The number of nitrogens with one attached hydrogen (secondary N) is 1. The summed E-state index contributed by atoms with van der Waals surface area (Å²) in [4.78, 5) is 33.6. The number of primary amides is 1. The van der Waals surface area contributed by atoms with Gasteiger partial charge in [0.2, 0.25) is 5.91 Å². The average Bonchev–Trinajstić information content (AvgIpc) is 2.88. The van der Waals surface area contributed by atoms with E-state index >= 15 is 0 Å². The van der Waals surface area contributed by atoms with Crippen LogP contribution in [0, 0.1) is 0 Å². The molecule has 1 atom stereocenters. The van der Waals surface area contributed by atoms with Crippen LogP contribution in [0.3, 0.4) is 0 Å². The SMILES string of the molecule is COc1ccc(C(=O)N2CCN(Cc3ccccc3)C[C@H]2C(N)=O)cc1NCc1cccnc1. The van der Waals surface area contributed by atoms with Gasteiger partial charge in [-0.25, -0.2) is 0 Å². The number of piperazine rings is 1. The van der Waals surface area contributed by atoms with E-state index < -0.39 is 11.9 Å². The molecule has 0 unspecified atom stereocenters. The molecule has 3 N–H and O–H groups in total. The van der Waals surface area contributed by atoms with E-state index in [2.05, 4.69) is 15.2 Å². The van der Waals surface area contributed by atoms with E-state index in [1.807, 2.05) is 42.5 Å². The molecule has 1 saturated heterocycles. The summed E-state index contributed by atoms with van der Waals surface area (Å²) in [6.07, 6.45) is 3.50. The molecule has 8 nitrogen and oxygen atoms in total. The maximum Gasteiger partial charge on any atom is 0.254 e. The molecule has 0 aliphatic carbocycles. The number of nitrogens with two attached hydrogens (primary N) is 1. The minimum atomic E-state index is -0.695. The Morgan fingerprint density at radius 1 is 1.09 bits per heavy atom. The van der Waals surface area contributed by atoms with Crippen LogP contribution < -0.4 is 15.8 Å². The molecule has 4 rings (SSSR count). The summed E-state index contributed by atoms with van der Waals surface area (Å²) in [6, 6.07) is 18.4. The van der Waals surface area contributed by atoms with Crippen molar-refractivity contribution < 1.29 is 14.3 Å². The highest BCUT2D eigenvalue weighted by atomic mass is 16.5. The number of hydrogen-bond acceptors (Lipinski definition) is 6. The van der Waals surface area contributed by atoms with Crippen LogP contribution in [0.4, 0.5) is 5.69 Å². The standard InChI is InChI=1S/C26H29N5O3/c1-34-24-10-9-21(14-22(24)29-16-20-8-5-11-28-15-20)26(33)31-13-12-30(18-23(31)25(27)32)17-19-6-3-2-4-7-19/h2-11,14-15,23,29H,12-13,16-18H2,1H3,(H2,27,32)/t23-/m0/s1. The summed E-state index contributed by atoms with van der Waals surface area (Å²) in [5.74, 6) is -0.107. The van der Waals surface area contributed by atoms with E-state index in [1.165, 1.54) is 0 Å². The highest BCUT2D eigenvalue weighted by molar-refractivity contribution is 5.98. The van der Waals surface area contributed by atoms with Gasteiger partial charge in [0.25, 0.3) is 5.91 Å². The number of carbonyl (C=O) groups excluding carboxylic acids is 2. The van der Waals surface area contributed by atoms with Crippen LogP contribution in [-0.2, 0) is 17.9 Å². The van der Waals surface area contributed by atoms with Crippen LogP contribution in [0.1, 0.15) is 21.5 Å². The molecule has 3 aromatic rings. The lowest BCUT2D eigenvalue weighted by Crippen LogP contribution is -2.59. The van der Waals surface area contributed by atoms with Crippen LogP contribution in [0.5, 0.6) is 5.75 Å². The highest BCUT2D eigenvalue weighted by Crippen LogP contribution is 2.27. The first-order chi connectivity index (χ1) is 16.5. The Labute approximate surface area is 199 Å². The first-order valence-electron chi connectivity index (χ1n) is 11.2. The van der Waals surface area contributed by atoms with E-state index in [-0.39, 0.29) is 5.91 Å². The summed E-state index contributed by atoms with van der Waals surface area (Å²) in [5.41, 5.74) is 9.04. The van der Waals surface area contributed by atoms with Crippen molar-refractivity contribution in [3.63, 3.8) is 0 Å². The lowest BCUT2D eigenvalue weighted by molar-refractivity contribution is -0.124. The number of amides is 2. The molecule has 2 amide bonds. The summed E-state index contributed by atoms with van der Waals surface area (Å²) in [7, 11) is 1.58. The molecule has 1 aromatic heterocycles. The van der Waals surface area contributed by atoms with Gasteiger partial charge in [0.05, 0.1) is 12.8 Å². The number of anilines is 1. The lowest BCUT2D eigenvalue weighted by Gasteiger charge is -2.40. The second kappa shape index (κ2) is 10.8. The fourth-order valence-corrected chi connectivity index (χ4v) is 4.16. The number of rotatable bonds is 8. The monoisotopic (exact) mass is 459 g/mol. The van der Waals surface area contributed by atoms with Crippen LogP contribution in [0.15, 0.2) is 73.1 Å². The van der Waals surface area contributed by atoms with Crippen molar-refractivity contribution in [1.29, 1.82) is 0 Å². The Morgan fingerprint density at radius 2 is 1.88 bits per heavy atom. The maximum absolute atomic E-state index is 13.4. The molecular weight excluding hydrogens is 430 g/mol. The Balaban J connectivity index is 1.49. The molecule has 0 saturated carbocycles. The van der Waals surface area contributed by atoms with Crippen molar-refractivity contribution in [3.8, 4) is 5.75 Å². The van der Waals surface area contributed by atoms with E-state index in [4.69, 9.17) is 10.5 Å². The van der Waals surface area contributed by atoms with E-state index in [9.17, 15) is 9.59 Å². The summed E-state index contributed by atoms with van der Waals surface area (Å²) >= 11 is 0. The summed E-state index contributed by atoms with van der Waals surface area (Å²) in [6.45, 7) is 2.72.